The number of nitrogens with one attached hydrogen (secondary N) is 2. The zero-order valence-electron chi connectivity index (χ0n) is 25.4. The van der Waals surface area contributed by atoms with Crippen LogP contribution in [-0.4, -0.2) is 56.4 Å². The van der Waals surface area contributed by atoms with Crippen molar-refractivity contribution in [1.29, 1.82) is 0 Å². The number of thioether (sulfide) groups is 1. The molecule has 0 spiro atoms. The summed E-state index contributed by atoms with van der Waals surface area (Å²) in [7, 11) is 0. The number of carbonyl (C=O) groups excluding carboxylic acids is 2. The van der Waals surface area contributed by atoms with E-state index in [4.69, 9.17) is 44.5 Å². The summed E-state index contributed by atoms with van der Waals surface area (Å²) in [6.45, 7) is 5.44. The van der Waals surface area contributed by atoms with Crippen molar-refractivity contribution in [2.75, 3.05) is 18.8 Å². The Kier molecular flexibility index (Phi) is 11.0. The number of benzene rings is 2. The molecule has 1 aliphatic carbocycles. The fraction of sp³-hybridized carbons (Fsp3) is 0.333. The van der Waals surface area contributed by atoms with Crippen molar-refractivity contribution in [2.24, 2.45) is 0 Å². The number of halogens is 3. The normalized spacial score (nSPS) is 19.2. The van der Waals surface area contributed by atoms with Crippen LogP contribution < -0.4 is 10.6 Å². The number of carbonyl (C=O) groups is 2. The second-order valence-electron chi connectivity index (χ2n) is 11.8. The summed E-state index contributed by atoms with van der Waals surface area (Å²) < 4.78 is 5.16. The molecule has 0 unspecified atom stereocenters. The van der Waals surface area contributed by atoms with Gasteiger partial charge >= 0.3 is 6.09 Å². The van der Waals surface area contributed by atoms with Crippen LogP contribution >= 0.6 is 46.6 Å². The van der Waals surface area contributed by atoms with E-state index >= 15 is 0 Å². The van der Waals surface area contributed by atoms with E-state index in [0.29, 0.717) is 17.3 Å². The van der Waals surface area contributed by atoms with Crippen molar-refractivity contribution in [3.8, 4) is 0 Å². The molecule has 0 aliphatic heterocycles. The van der Waals surface area contributed by atoms with Gasteiger partial charge in [0.05, 0.1) is 17.9 Å². The van der Waals surface area contributed by atoms with Crippen LogP contribution in [0.25, 0.3) is 0 Å². The maximum absolute atomic E-state index is 12.2. The Hall–Kier alpha value is -3.44. The minimum absolute atomic E-state index is 0.0194. The molecule has 1 aliphatic rings. The lowest BCUT2D eigenvalue weighted by Gasteiger charge is -2.52. The molecule has 0 radical (unpaired) electrons. The first-order chi connectivity index (χ1) is 22.0. The first-order valence-electron chi connectivity index (χ1n) is 14.7. The Morgan fingerprint density at radius 3 is 1.85 bits per heavy atom. The first kappa shape index (κ1) is 33.9. The highest BCUT2D eigenvalue weighted by Gasteiger charge is 2.54. The van der Waals surface area contributed by atoms with E-state index in [9.17, 15) is 9.59 Å². The van der Waals surface area contributed by atoms with Gasteiger partial charge in [0.15, 0.2) is 0 Å². The molecule has 0 saturated heterocycles. The third kappa shape index (κ3) is 8.67. The van der Waals surface area contributed by atoms with E-state index in [0.717, 1.165) is 22.5 Å². The fourth-order valence-corrected chi connectivity index (χ4v) is 7.21. The van der Waals surface area contributed by atoms with Gasteiger partial charge in [0.1, 0.15) is 15.8 Å². The number of alkyl carbamates (subject to hydrolysis) is 1. The number of nitrogens with zero attached hydrogens (tertiary/aromatic N) is 4. The molecular formula is C33H33Cl3N6O3S. The van der Waals surface area contributed by atoms with Crippen LogP contribution in [-0.2, 0) is 9.53 Å². The number of aromatic nitrogens is 4. The largest absolute Gasteiger partial charge is 0.444 e. The van der Waals surface area contributed by atoms with Crippen LogP contribution in [0.15, 0.2) is 77.8 Å². The van der Waals surface area contributed by atoms with Crippen molar-refractivity contribution in [3.63, 3.8) is 0 Å². The number of amides is 2. The Morgan fingerprint density at radius 2 is 1.30 bits per heavy atom. The average Bonchev–Trinajstić information content (AvgIpc) is 2.97. The van der Waals surface area contributed by atoms with E-state index in [1.54, 1.807) is 26.8 Å². The molecule has 2 atom stereocenters. The maximum atomic E-state index is 12.2. The lowest BCUT2D eigenvalue weighted by Crippen LogP contribution is -2.41. The van der Waals surface area contributed by atoms with Crippen LogP contribution in [0, 0.1) is 0 Å². The van der Waals surface area contributed by atoms with Crippen LogP contribution in [0.2, 0.25) is 15.7 Å². The minimum Gasteiger partial charge on any atom is -0.444 e. The van der Waals surface area contributed by atoms with Crippen LogP contribution in [0.3, 0.4) is 0 Å². The lowest BCUT2D eigenvalue weighted by atomic mass is 9.50. The Morgan fingerprint density at radius 1 is 0.761 bits per heavy atom. The number of ether oxygens (including phenoxy) is 1. The van der Waals surface area contributed by atoms with Crippen LogP contribution in [0.4, 0.5) is 4.79 Å². The topological polar surface area (TPSA) is 119 Å². The molecule has 240 valence electrons. The van der Waals surface area contributed by atoms with Gasteiger partial charge in [0.2, 0.25) is 16.5 Å². The van der Waals surface area contributed by atoms with Gasteiger partial charge in [-0.15, -0.1) is 11.8 Å². The molecule has 0 bridgehead atoms. The van der Waals surface area contributed by atoms with Gasteiger partial charge in [0.25, 0.3) is 0 Å². The molecule has 2 heterocycles. The van der Waals surface area contributed by atoms with E-state index in [2.05, 4.69) is 49.9 Å². The fourth-order valence-electron chi connectivity index (χ4n) is 5.77. The third-order valence-corrected chi connectivity index (χ3v) is 8.89. The van der Waals surface area contributed by atoms with Crippen LogP contribution in [0.5, 0.6) is 0 Å². The van der Waals surface area contributed by atoms with Gasteiger partial charge < -0.3 is 15.4 Å². The summed E-state index contributed by atoms with van der Waals surface area (Å²) in [6.07, 6.45) is -0.646. The molecule has 13 heteroatoms. The van der Waals surface area contributed by atoms with Crippen molar-refractivity contribution < 1.29 is 14.3 Å². The summed E-state index contributed by atoms with van der Waals surface area (Å²) in [5.74, 6) is 0.0288. The van der Waals surface area contributed by atoms with Crippen molar-refractivity contribution >= 4 is 58.6 Å². The standard InChI is InChI=1S/C33H33Cl3N6O3S/c1-33(2,3)45-32(44)38-18-24(43)37-14-15-46-25-17-22(40-31(36)42-25)29-26(19-10-6-4-7-11-19)28(21-16-23(34)41-30(35)39-21)27(29)20-12-8-5-9-13-20/h4-13,16-17,26-29H,14-15,18H2,1-3H3,(H,37,43)(H,38,44)/t26-,27-,28?,29?/m0/s1. The summed E-state index contributed by atoms with van der Waals surface area (Å²) in [5.41, 5.74) is 3.17. The smallest absolute Gasteiger partial charge is 0.408 e. The lowest BCUT2D eigenvalue weighted by molar-refractivity contribution is -0.120. The maximum Gasteiger partial charge on any atom is 0.408 e. The molecule has 2 aromatic heterocycles. The second kappa shape index (κ2) is 15.0. The Labute approximate surface area is 287 Å². The molecule has 2 N–H and O–H groups in total. The first-order valence-corrected chi connectivity index (χ1v) is 16.8. The number of rotatable bonds is 10. The molecule has 1 saturated carbocycles. The molecule has 2 aromatic carbocycles. The van der Waals surface area contributed by atoms with Crippen molar-refractivity contribution in [3.05, 3.63) is 111 Å². The Bertz CT molecular complexity index is 1610. The SMILES string of the molecule is CC(C)(C)OC(=O)NCC(=O)NCCSc1cc(C2[C@@H](c3ccccc3)C(c3cc(Cl)nc(Cl)n3)[C@@H]2c2ccccc2)nc(Cl)n1. The van der Waals surface area contributed by atoms with E-state index in [1.165, 1.54) is 11.8 Å². The summed E-state index contributed by atoms with van der Waals surface area (Å²) in [4.78, 5) is 41.9. The summed E-state index contributed by atoms with van der Waals surface area (Å²) >= 11 is 20.6. The molecule has 5 rings (SSSR count). The van der Waals surface area contributed by atoms with Gasteiger partial charge in [-0.3, -0.25) is 4.79 Å². The quantitative estimate of drug-likeness (QED) is 0.0761. The minimum atomic E-state index is -0.646. The molecule has 46 heavy (non-hydrogen) atoms. The zero-order chi connectivity index (χ0) is 32.8. The third-order valence-electron chi connectivity index (χ3n) is 7.45. The highest BCUT2D eigenvalue weighted by molar-refractivity contribution is 7.99. The predicted molar refractivity (Wildman–Crippen MR) is 181 cm³/mol. The van der Waals surface area contributed by atoms with Gasteiger partial charge in [-0.25, -0.2) is 24.7 Å². The van der Waals surface area contributed by atoms with E-state index in [-0.39, 0.29) is 51.8 Å². The van der Waals surface area contributed by atoms with Crippen LogP contribution in [0.1, 0.15) is 67.0 Å². The predicted octanol–water partition coefficient (Wildman–Crippen LogP) is 7.41. The average molecular weight is 700 g/mol. The second-order valence-corrected chi connectivity index (χ2v) is 13.9. The molecule has 9 nitrogen and oxygen atoms in total. The van der Waals surface area contributed by atoms with Gasteiger partial charge in [-0.1, -0.05) is 72.3 Å². The highest BCUT2D eigenvalue weighted by Crippen LogP contribution is 2.66. The Balaban J connectivity index is 1.36. The molecule has 4 aromatic rings. The van der Waals surface area contributed by atoms with E-state index in [1.807, 2.05) is 42.5 Å². The summed E-state index contributed by atoms with van der Waals surface area (Å²) in [5, 5.41) is 6.46. The zero-order valence-corrected chi connectivity index (χ0v) is 28.5. The van der Waals surface area contributed by atoms with Gasteiger partial charge in [-0.05, 0) is 67.2 Å². The van der Waals surface area contributed by atoms with Crippen molar-refractivity contribution in [1.82, 2.24) is 30.6 Å². The highest BCUT2D eigenvalue weighted by atomic mass is 35.5. The number of hydrogen-bond donors (Lipinski definition) is 2. The molecular weight excluding hydrogens is 667 g/mol. The van der Waals surface area contributed by atoms with Gasteiger partial charge in [0, 0.05) is 36.0 Å². The molecule has 1 fully saturated rings. The van der Waals surface area contributed by atoms with Crippen molar-refractivity contribution in [2.45, 2.75) is 55.1 Å². The number of hydrogen-bond acceptors (Lipinski definition) is 8. The monoisotopic (exact) mass is 698 g/mol. The van der Waals surface area contributed by atoms with Gasteiger partial charge in [-0.2, -0.15) is 0 Å². The van der Waals surface area contributed by atoms with E-state index < -0.39 is 11.7 Å². The molecule has 2 amide bonds. The summed E-state index contributed by atoms with van der Waals surface area (Å²) in [6, 6.07) is 24.2.